The van der Waals surface area contributed by atoms with E-state index in [0.717, 1.165) is 25.7 Å². The highest BCUT2D eigenvalue weighted by Crippen LogP contribution is 2.26. The maximum Gasteiger partial charge on any atom is 0.243 e. The minimum atomic E-state index is -0.248. The van der Waals surface area contributed by atoms with Crippen LogP contribution in [0.15, 0.2) is 18.2 Å². The van der Waals surface area contributed by atoms with E-state index in [1.165, 1.54) is 4.90 Å². The molecule has 114 valence electrons. The Hall–Kier alpha value is -1.26. The summed E-state index contributed by atoms with van der Waals surface area (Å²) in [5.74, 6) is -0.119. The summed E-state index contributed by atoms with van der Waals surface area (Å²) in [5, 5.41) is 3.52. The lowest BCUT2D eigenvalue weighted by atomic mass is 10.1. The first-order valence-electron chi connectivity index (χ1n) is 6.97. The molecule has 0 aromatic heterocycles. The number of hydrogen-bond donors (Lipinski definition) is 1. The first kappa shape index (κ1) is 16.1. The van der Waals surface area contributed by atoms with Gasteiger partial charge in [0.2, 0.25) is 11.8 Å². The zero-order chi connectivity index (χ0) is 15.4. The number of rotatable bonds is 4. The number of nitrogens with zero attached hydrogens (tertiary/aromatic N) is 1. The largest absolute Gasteiger partial charge is 0.336 e. The van der Waals surface area contributed by atoms with Crippen LogP contribution < -0.4 is 5.32 Å². The second-order valence-electron chi connectivity index (χ2n) is 5.35. The van der Waals surface area contributed by atoms with Crippen LogP contribution in [0.1, 0.15) is 25.7 Å². The first-order chi connectivity index (χ1) is 9.97. The van der Waals surface area contributed by atoms with Crippen LogP contribution in [0, 0.1) is 5.92 Å². The summed E-state index contributed by atoms with van der Waals surface area (Å²) in [6.07, 6.45) is 4.05. The van der Waals surface area contributed by atoms with Crippen LogP contribution in [0.4, 0.5) is 5.69 Å². The highest BCUT2D eigenvalue weighted by atomic mass is 35.5. The van der Waals surface area contributed by atoms with E-state index in [4.69, 9.17) is 23.2 Å². The van der Waals surface area contributed by atoms with Crippen LogP contribution in [0.3, 0.4) is 0 Å². The molecular formula is C15H18Cl2N2O2. The third-order valence-electron chi connectivity index (χ3n) is 3.66. The summed E-state index contributed by atoms with van der Waals surface area (Å²) < 4.78 is 0. The van der Waals surface area contributed by atoms with Gasteiger partial charge in [-0.1, -0.05) is 36.0 Å². The number of anilines is 1. The Balaban J connectivity index is 1.88. The number of nitrogens with one attached hydrogen (secondary N) is 1. The van der Waals surface area contributed by atoms with Crippen molar-refractivity contribution in [1.29, 1.82) is 0 Å². The SMILES string of the molecule is CN(CC(=O)Nc1ccc(Cl)c(Cl)c1)C(=O)C1CCCC1. The summed E-state index contributed by atoms with van der Waals surface area (Å²) in [4.78, 5) is 25.6. The van der Waals surface area contributed by atoms with Crippen molar-refractivity contribution in [3.63, 3.8) is 0 Å². The summed E-state index contributed by atoms with van der Waals surface area (Å²) in [6, 6.07) is 4.87. The van der Waals surface area contributed by atoms with Crippen LogP contribution in [-0.2, 0) is 9.59 Å². The zero-order valence-corrected chi connectivity index (χ0v) is 13.4. The number of carbonyl (C=O) groups is 2. The lowest BCUT2D eigenvalue weighted by molar-refractivity contribution is -0.136. The normalized spacial score (nSPS) is 15.0. The Morgan fingerprint density at radius 1 is 1.24 bits per heavy atom. The number of carbonyl (C=O) groups excluding carboxylic acids is 2. The topological polar surface area (TPSA) is 49.4 Å². The molecule has 1 aromatic carbocycles. The van der Waals surface area contributed by atoms with Crippen LogP contribution in [0.25, 0.3) is 0 Å². The number of amides is 2. The van der Waals surface area contributed by atoms with E-state index >= 15 is 0 Å². The second-order valence-corrected chi connectivity index (χ2v) is 6.17. The van der Waals surface area contributed by atoms with Gasteiger partial charge in [0.15, 0.2) is 0 Å². The van der Waals surface area contributed by atoms with Gasteiger partial charge in [0.1, 0.15) is 0 Å². The fraction of sp³-hybridized carbons (Fsp3) is 0.467. The second kappa shape index (κ2) is 7.14. The van der Waals surface area contributed by atoms with E-state index < -0.39 is 0 Å². The molecule has 0 spiro atoms. The van der Waals surface area contributed by atoms with Crippen molar-refractivity contribution < 1.29 is 9.59 Å². The monoisotopic (exact) mass is 328 g/mol. The Labute approximate surface area is 134 Å². The molecule has 4 nitrogen and oxygen atoms in total. The Kier molecular flexibility index (Phi) is 5.48. The molecule has 0 heterocycles. The average Bonchev–Trinajstić information content (AvgIpc) is 2.96. The van der Waals surface area contributed by atoms with Gasteiger partial charge in [-0.05, 0) is 31.0 Å². The molecule has 1 N–H and O–H groups in total. The standard InChI is InChI=1S/C15H18Cl2N2O2/c1-19(15(21)10-4-2-3-5-10)9-14(20)18-11-6-7-12(16)13(17)8-11/h6-8,10H,2-5,9H2,1H3,(H,18,20). The Bertz CT molecular complexity index is 542. The maximum atomic E-state index is 12.1. The molecule has 6 heteroatoms. The number of benzene rings is 1. The maximum absolute atomic E-state index is 12.1. The number of likely N-dealkylation sites (N-methyl/N-ethyl adjacent to an activating group) is 1. The van der Waals surface area contributed by atoms with Gasteiger partial charge in [0.25, 0.3) is 0 Å². The van der Waals surface area contributed by atoms with Crippen LogP contribution in [0.2, 0.25) is 10.0 Å². The van der Waals surface area contributed by atoms with Crippen LogP contribution in [-0.4, -0.2) is 30.3 Å². The molecule has 0 unspecified atom stereocenters. The summed E-state index contributed by atoms with van der Waals surface area (Å²) in [5.41, 5.74) is 0.566. The molecule has 0 aliphatic heterocycles. The highest BCUT2D eigenvalue weighted by molar-refractivity contribution is 6.42. The molecule has 2 amide bonds. The van der Waals surface area contributed by atoms with Crippen molar-refractivity contribution in [1.82, 2.24) is 4.90 Å². The van der Waals surface area contributed by atoms with Crippen molar-refractivity contribution in [3.8, 4) is 0 Å². The highest BCUT2D eigenvalue weighted by Gasteiger charge is 2.26. The van der Waals surface area contributed by atoms with Gasteiger partial charge < -0.3 is 10.2 Å². The molecule has 0 radical (unpaired) electrons. The van der Waals surface area contributed by atoms with E-state index in [1.54, 1.807) is 25.2 Å². The minimum Gasteiger partial charge on any atom is -0.336 e. The van der Waals surface area contributed by atoms with Crippen molar-refractivity contribution >= 4 is 40.7 Å². The third-order valence-corrected chi connectivity index (χ3v) is 4.40. The van der Waals surface area contributed by atoms with E-state index in [9.17, 15) is 9.59 Å². The molecule has 0 saturated heterocycles. The molecule has 0 atom stereocenters. The Morgan fingerprint density at radius 3 is 2.52 bits per heavy atom. The van der Waals surface area contributed by atoms with Crippen LogP contribution >= 0.6 is 23.2 Å². The molecule has 21 heavy (non-hydrogen) atoms. The van der Waals surface area contributed by atoms with Crippen molar-refractivity contribution in [2.24, 2.45) is 5.92 Å². The first-order valence-corrected chi connectivity index (χ1v) is 7.73. The smallest absolute Gasteiger partial charge is 0.243 e. The van der Waals surface area contributed by atoms with Gasteiger partial charge >= 0.3 is 0 Å². The van der Waals surface area contributed by atoms with Gasteiger partial charge in [-0.25, -0.2) is 0 Å². The van der Waals surface area contributed by atoms with Crippen molar-refractivity contribution in [2.45, 2.75) is 25.7 Å². The summed E-state index contributed by atoms with van der Waals surface area (Å²) >= 11 is 11.7. The molecule has 1 saturated carbocycles. The quantitative estimate of drug-likeness (QED) is 0.918. The Morgan fingerprint density at radius 2 is 1.90 bits per heavy atom. The minimum absolute atomic E-state index is 0.0373. The van der Waals surface area contributed by atoms with E-state index in [1.807, 2.05) is 0 Å². The van der Waals surface area contributed by atoms with E-state index in [0.29, 0.717) is 15.7 Å². The molecular weight excluding hydrogens is 311 g/mol. The molecule has 2 rings (SSSR count). The van der Waals surface area contributed by atoms with E-state index in [-0.39, 0.29) is 24.3 Å². The van der Waals surface area contributed by atoms with Gasteiger partial charge in [-0.2, -0.15) is 0 Å². The van der Waals surface area contributed by atoms with Gasteiger partial charge in [-0.15, -0.1) is 0 Å². The van der Waals surface area contributed by atoms with Crippen LogP contribution in [0.5, 0.6) is 0 Å². The molecule has 1 aliphatic carbocycles. The predicted octanol–water partition coefficient (Wildman–Crippen LogP) is 3.58. The van der Waals surface area contributed by atoms with Crippen molar-refractivity contribution in [3.05, 3.63) is 28.2 Å². The molecule has 0 bridgehead atoms. The predicted molar refractivity (Wildman–Crippen MR) is 84.7 cm³/mol. The fourth-order valence-electron chi connectivity index (χ4n) is 2.55. The lowest BCUT2D eigenvalue weighted by Gasteiger charge is -2.20. The number of halogens is 2. The fourth-order valence-corrected chi connectivity index (χ4v) is 2.85. The zero-order valence-electron chi connectivity index (χ0n) is 11.9. The average molecular weight is 329 g/mol. The summed E-state index contributed by atoms with van der Waals surface area (Å²) in [6.45, 7) is 0.0373. The van der Waals surface area contributed by atoms with Gasteiger partial charge in [-0.3, -0.25) is 9.59 Å². The van der Waals surface area contributed by atoms with Gasteiger partial charge in [0.05, 0.1) is 16.6 Å². The number of hydrogen-bond acceptors (Lipinski definition) is 2. The molecule has 1 aromatic rings. The third kappa shape index (κ3) is 4.35. The molecule has 1 aliphatic rings. The summed E-state index contributed by atoms with van der Waals surface area (Å²) in [7, 11) is 1.66. The van der Waals surface area contributed by atoms with Gasteiger partial charge in [0, 0.05) is 18.7 Å². The van der Waals surface area contributed by atoms with Crippen molar-refractivity contribution in [2.75, 3.05) is 18.9 Å². The molecule has 1 fully saturated rings. The van der Waals surface area contributed by atoms with E-state index in [2.05, 4.69) is 5.32 Å². The lowest BCUT2D eigenvalue weighted by Crippen LogP contribution is -2.37.